The van der Waals surface area contributed by atoms with Gasteiger partial charge in [0.2, 0.25) is 0 Å². The fourth-order valence-electron chi connectivity index (χ4n) is 2.41. The molecule has 0 spiro atoms. The molecule has 0 aliphatic carbocycles. The Hall–Kier alpha value is -3.74. The van der Waals surface area contributed by atoms with Crippen molar-refractivity contribution in [3.05, 3.63) is 59.2 Å². The van der Waals surface area contributed by atoms with Crippen molar-refractivity contribution in [1.29, 1.82) is 0 Å². The van der Waals surface area contributed by atoms with Gasteiger partial charge in [0.1, 0.15) is 5.75 Å². The number of aromatic hydroxyl groups is 1. The summed E-state index contributed by atoms with van der Waals surface area (Å²) in [6.45, 7) is 0. The number of carbonyl (C=O) groups is 2. The molecule has 0 aromatic heterocycles. The molecular weight excluding hydrogens is 352 g/mol. The molecule has 3 N–H and O–H groups in total. The van der Waals surface area contributed by atoms with Crippen LogP contribution in [0, 0.1) is 0 Å². The van der Waals surface area contributed by atoms with Gasteiger partial charge < -0.3 is 24.8 Å². The highest BCUT2D eigenvalue weighted by Gasteiger charge is 2.16. The summed E-state index contributed by atoms with van der Waals surface area (Å²) in [5.41, 5.74) is 1.35. The minimum absolute atomic E-state index is 0.0339. The molecule has 0 bridgehead atoms. The number of hydrogen-bond acceptors (Lipinski definition) is 5. The van der Waals surface area contributed by atoms with Crippen LogP contribution < -0.4 is 9.47 Å². The molecule has 0 aliphatic rings. The smallest absolute Gasteiger partial charge is 0.336 e. The first kappa shape index (κ1) is 19.6. The Bertz CT molecular complexity index is 926. The molecule has 0 radical (unpaired) electrons. The van der Waals surface area contributed by atoms with E-state index in [1.54, 1.807) is 18.2 Å². The standard InChI is InChI=1S/C20H18O7/c1-26-17-10-12(5-8-19(22)23)3-6-14(17)15(20(24)25)9-13-4-7-16(21)18(11-13)27-2/h3-11,21H,1-2H3,(H,22,23)(H,24,25)/b8-5+,15-9+. The predicted octanol–water partition coefficient (Wildman–Crippen LogP) is 3.13. The van der Waals surface area contributed by atoms with Crippen molar-refractivity contribution in [2.45, 2.75) is 0 Å². The number of phenolic OH excluding ortho intramolecular Hbond substituents is 1. The Kier molecular flexibility index (Phi) is 6.22. The second-order valence-corrected chi connectivity index (χ2v) is 5.43. The van der Waals surface area contributed by atoms with E-state index in [4.69, 9.17) is 14.6 Å². The van der Waals surface area contributed by atoms with Crippen LogP contribution in [0.15, 0.2) is 42.5 Å². The number of benzene rings is 2. The van der Waals surface area contributed by atoms with Crippen LogP contribution in [0.4, 0.5) is 0 Å². The second-order valence-electron chi connectivity index (χ2n) is 5.43. The summed E-state index contributed by atoms with van der Waals surface area (Å²) in [5.74, 6) is -1.82. The van der Waals surface area contributed by atoms with Crippen LogP contribution in [0.25, 0.3) is 17.7 Å². The van der Waals surface area contributed by atoms with Crippen LogP contribution >= 0.6 is 0 Å². The third kappa shape index (κ3) is 4.88. The highest BCUT2D eigenvalue weighted by molar-refractivity contribution is 6.21. The van der Waals surface area contributed by atoms with E-state index in [1.165, 1.54) is 44.6 Å². The Labute approximate surface area is 155 Å². The van der Waals surface area contributed by atoms with Crippen LogP contribution in [0.3, 0.4) is 0 Å². The summed E-state index contributed by atoms with van der Waals surface area (Å²) in [4.78, 5) is 22.4. The largest absolute Gasteiger partial charge is 0.504 e. The molecule has 0 aliphatic heterocycles. The normalized spacial score (nSPS) is 11.4. The van der Waals surface area contributed by atoms with Gasteiger partial charge in [0.05, 0.1) is 19.8 Å². The lowest BCUT2D eigenvalue weighted by molar-refractivity contribution is -0.131. The molecule has 0 saturated heterocycles. The van der Waals surface area contributed by atoms with Gasteiger partial charge in [0.25, 0.3) is 0 Å². The maximum atomic E-state index is 11.8. The summed E-state index contributed by atoms with van der Waals surface area (Å²) < 4.78 is 10.3. The van der Waals surface area contributed by atoms with Crippen LogP contribution in [-0.2, 0) is 9.59 Å². The fraction of sp³-hybridized carbons (Fsp3) is 0.100. The zero-order valence-electron chi connectivity index (χ0n) is 14.7. The van der Waals surface area contributed by atoms with Gasteiger partial charge in [0, 0.05) is 11.6 Å². The van der Waals surface area contributed by atoms with Gasteiger partial charge in [-0.15, -0.1) is 0 Å². The van der Waals surface area contributed by atoms with E-state index in [-0.39, 0.29) is 22.8 Å². The summed E-state index contributed by atoms with van der Waals surface area (Å²) in [6.07, 6.45) is 3.78. The highest BCUT2D eigenvalue weighted by atomic mass is 16.5. The maximum Gasteiger partial charge on any atom is 0.336 e. The lowest BCUT2D eigenvalue weighted by atomic mass is 9.99. The number of phenols is 1. The maximum absolute atomic E-state index is 11.8. The van der Waals surface area contributed by atoms with Gasteiger partial charge in [0.15, 0.2) is 11.5 Å². The van der Waals surface area contributed by atoms with Gasteiger partial charge >= 0.3 is 11.9 Å². The van der Waals surface area contributed by atoms with E-state index < -0.39 is 11.9 Å². The summed E-state index contributed by atoms with van der Waals surface area (Å²) in [6, 6.07) is 9.14. The molecule has 140 valence electrons. The van der Waals surface area contributed by atoms with Crippen molar-refractivity contribution in [2.24, 2.45) is 0 Å². The zero-order valence-corrected chi connectivity index (χ0v) is 14.7. The van der Waals surface area contributed by atoms with Crippen LogP contribution in [0.1, 0.15) is 16.7 Å². The van der Waals surface area contributed by atoms with Gasteiger partial charge in [-0.1, -0.05) is 12.1 Å². The van der Waals surface area contributed by atoms with Crippen LogP contribution in [0.2, 0.25) is 0 Å². The number of ether oxygens (including phenoxy) is 2. The van der Waals surface area contributed by atoms with E-state index >= 15 is 0 Å². The molecule has 0 fully saturated rings. The number of carboxylic acid groups (broad SMARTS) is 2. The predicted molar refractivity (Wildman–Crippen MR) is 99.8 cm³/mol. The first-order valence-electron chi connectivity index (χ1n) is 7.77. The molecule has 2 rings (SSSR count). The minimum Gasteiger partial charge on any atom is -0.504 e. The molecule has 0 unspecified atom stereocenters. The fourth-order valence-corrected chi connectivity index (χ4v) is 2.41. The Morgan fingerprint density at radius 1 is 0.926 bits per heavy atom. The number of aliphatic carboxylic acids is 2. The molecule has 2 aromatic carbocycles. The zero-order chi connectivity index (χ0) is 20.0. The molecular formula is C20H18O7. The minimum atomic E-state index is -1.17. The molecule has 0 amide bonds. The van der Waals surface area contributed by atoms with Gasteiger partial charge in [-0.05, 0) is 47.5 Å². The van der Waals surface area contributed by atoms with Crippen molar-refractivity contribution in [1.82, 2.24) is 0 Å². The Morgan fingerprint density at radius 3 is 2.15 bits per heavy atom. The third-order valence-electron chi connectivity index (χ3n) is 3.68. The van der Waals surface area contributed by atoms with Gasteiger partial charge in [-0.25, -0.2) is 9.59 Å². The molecule has 0 heterocycles. The number of hydrogen-bond donors (Lipinski definition) is 3. The van der Waals surface area contributed by atoms with Crippen molar-refractivity contribution < 1.29 is 34.4 Å². The highest BCUT2D eigenvalue weighted by Crippen LogP contribution is 2.32. The first-order valence-corrected chi connectivity index (χ1v) is 7.77. The van der Waals surface area contributed by atoms with E-state index in [1.807, 2.05) is 0 Å². The van der Waals surface area contributed by atoms with Crippen molar-refractivity contribution in [3.63, 3.8) is 0 Å². The molecule has 2 aromatic rings. The SMILES string of the molecule is COc1cc(/C=C(/C(=O)O)c2ccc(/C=C/C(=O)O)cc2OC)ccc1O. The van der Waals surface area contributed by atoms with E-state index in [9.17, 15) is 19.8 Å². The summed E-state index contributed by atoms with van der Waals surface area (Å²) >= 11 is 0. The van der Waals surface area contributed by atoms with Crippen molar-refractivity contribution >= 4 is 29.7 Å². The number of methoxy groups -OCH3 is 2. The number of rotatable bonds is 7. The molecule has 27 heavy (non-hydrogen) atoms. The third-order valence-corrected chi connectivity index (χ3v) is 3.68. The van der Waals surface area contributed by atoms with E-state index in [0.717, 1.165) is 6.08 Å². The quantitative estimate of drug-likeness (QED) is 0.507. The van der Waals surface area contributed by atoms with Crippen LogP contribution in [-0.4, -0.2) is 41.5 Å². The van der Waals surface area contributed by atoms with Crippen molar-refractivity contribution in [3.8, 4) is 17.2 Å². The molecule has 7 heteroatoms. The lowest BCUT2D eigenvalue weighted by Gasteiger charge is -2.11. The average molecular weight is 370 g/mol. The Morgan fingerprint density at radius 2 is 1.56 bits per heavy atom. The monoisotopic (exact) mass is 370 g/mol. The molecule has 0 atom stereocenters. The van der Waals surface area contributed by atoms with Crippen LogP contribution in [0.5, 0.6) is 17.2 Å². The average Bonchev–Trinajstić information content (AvgIpc) is 2.65. The first-order chi connectivity index (χ1) is 12.8. The summed E-state index contributed by atoms with van der Waals surface area (Å²) in [7, 11) is 2.79. The summed E-state index contributed by atoms with van der Waals surface area (Å²) in [5, 5.41) is 28.0. The van der Waals surface area contributed by atoms with Gasteiger partial charge in [-0.2, -0.15) is 0 Å². The van der Waals surface area contributed by atoms with E-state index in [2.05, 4.69) is 0 Å². The lowest BCUT2D eigenvalue weighted by Crippen LogP contribution is -2.02. The van der Waals surface area contributed by atoms with Crippen molar-refractivity contribution in [2.75, 3.05) is 14.2 Å². The Balaban J connectivity index is 2.53. The van der Waals surface area contributed by atoms with Gasteiger partial charge in [-0.3, -0.25) is 0 Å². The molecule has 0 saturated carbocycles. The molecule has 7 nitrogen and oxygen atoms in total. The van der Waals surface area contributed by atoms with E-state index in [0.29, 0.717) is 16.7 Å². The second kappa shape index (κ2) is 8.57. The number of carboxylic acids is 2. The topological polar surface area (TPSA) is 113 Å².